The molecule has 0 saturated carbocycles. The fraction of sp³-hybridized carbons (Fsp3) is 0.889. The maximum absolute atomic E-state index is 11.7. The minimum absolute atomic E-state index is 0.142. The molecule has 1 aliphatic heterocycles. The van der Waals surface area contributed by atoms with Gasteiger partial charge in [0.05, 0.1) is 0 Å². The first-order chi connectivity index (χ1) is 7.10. The van der Waals surface area contributed by atoms with Crippen molar-refractivity contribution in [2.24, 2.45) is 5.92 Å². The van der Waals surface area contributed by atoms with Gasteiger partial charge in [0.15, 0.2) is 0 Å². The van der Waals surface area contributed by atoms with Crippen LogP contribution in [0.5, 0.6) is 0 Å². The average molecular weight is 234 g/mol. The lowest BCUT2D eigenvalue weighted by Gasteiger charge is -2.29. The molecule has 1 unspecified atom stereocenters. The summed E-state index contributed by atoms with van der Waals surface area (Å²) < 4.78 is 27.3. The van der Waals surface area contributed by atoms with Gasteiger partial charge in [-0.1, -0.05) is 6.92 Å². The summed E-state index contributed by atoms with van der Waals surface area (Å²) in [6.07, 6.45) is 3.17. The van der Waals surface area contributed by atoms with Gasteiger partial charge in [-0.15, -0.1) is 0 Å². The van der Waals surface area contributed by atoms with Gasteiger partial charge in [-0.2, -0.15) is 12.7 Å². The van der Waals surface area contributed by atoms with E-state index in [4.69, 9.17) is 0 Å². The standard InChI is InChI=1S/C9H18N2O3S/c1-2-5-10-15(13,14)11-6-3-4-9(7-11)8-12/h8-10H,2-7H2,1H3. The van der Waals surface area contributed by atoms with Gasteiger partial charge in [0.2, 0.25) is 0 Å². The number of hydrogen-bond donors (Lipinski definition) is 1. The largest absolute Gasteiger partial charge is 0.303 e. The number of aldehydes is 1. The maximum Gasteiger partial charge on any atom is 0.279 e. The highest BCUT2D eigenvalue weighted by atomic mass is 32.2. The van der Waals surface area contributed by atoms with Crippen LogP contribution in [0.15, 0.2) is 0 Å². The Morgan fingerprint density at radius 2 is 2.27 bits per heavy atom. The first-order valence-electron chi connectivity index (χ1n) is 5.30. The van der Waals surface area contributed by atoms with Crippen molar-refractivity contribution in [3.8, 4) is 0 Å². The third kappa shape index (κ3) is 3.55. The molecule has 0 spiro atoms. The molecule has 1 fully saturated rings. The summed E-state index contributed by atoms with van der Waals surface area (Å²) >= 11 is 0. The molecule has 0 aromatic rings. The molecule has 0 aromatic heterocycles. The molecule has 0 aliphatic carbocycles. The Labute approximate surface area is 91.0 Å². The molecule has 0 amide bonds. The highest BCUT2D eigenvalue weighted by Gasteiger charge is 2.27. The second-order valence-corrected chi connectivity index (χ2v) is 5.55. The van der Waals surface area contributed by atoms with E-state index < -0.39 is 10.2 Å². The fourth-order valence-corrected chi connectivity index (χ4v) is 3.03. The van der Waals surface area contributed by atoms with Gasteiger partial charge in [0, 0.05) is 25.6 Å². The number of piperidine rings is 1. The van der Waals surface area contributed by atoms with Gasteiger partial charge in [0.25, 0.3) is 10.2 Å². The van der Waals surface area contributed by atoms with Crippen molar-refractivity contribution in [3.63, 3.8) is 0 Å². The Morgan fingerprint density at radius 1 is 1.53 bits per heavy atom. The lowest BCUT2D eigenvalue weighted by Crippen LogP contribution is -2.46. The van der Waals surface area contributed by atoms with E-state index in [9.17, 15) is 13.2 Å². The molecule has 1 aliphatic rings. The van der Waals surface area contributed by atoms with Crippen molar-refractivity contribution in [1.82, 2.24) is 9.03 Å². The highest BCUT2D eigenvalue weighted by Crippen LogP contribution is 2.16. The molecule has 15 heavy (non-hydrogen) atoms. The molecule has 88 valence electrons. The van der Waals surface area contributed by atoms with E-state index in [-0.39, 0.29) is 5.92 Å². The molecule has 1 rings (SSSR count). The molecular formula is C9H18N2O3S. The van der Waals surface area contributed by atoms with E-state index in [1.54, 1.807) is 0 Å². The molecule has 0 aromatic carbocycles. The SMILES string of the molecule is CCCNS(=O)(=O)N1CCCC(C=O)C1. The molecular weight excluding hydrogens is 216 g/mol. The van der Waals surface area contributed by atoms with Crippen molar-refractivity contribution in [2.45, 2.75) is 26.2 Å². The zero-order valence-corrected chi connectivity index (χ0v) is 9.79. The van der Waals surface area contributed by atoms with Gasteiger partial charge in [-0.25, -0.2) is 4.72 Å². The van der Waals surface area contributed by atoms with E-state index in [0.29, 0.717) is 19.6 Å². The first-order valence-corrected chi connectivity index (χ1v) is 6.74. The fourth-order valence-electron chi connectivity index (χ4n) is 1.63. The number of carbonyl (C=O) groups excluding carboxylic acids is 1. The van der Waals surface area contributed by atoms with E-state index in [2.05, 4.69) is 4.72 Å². The number of carbonyl (C=O) groups is 1. The average Bonchev–Trinajstić information content (AvgIpc) is 2.26. The minimum Gasteiger partial charge on any atom is -0.303 e. The molecule has 0 bridgehead atoms. The van der Waals surface area contributed by atoms with Gasteiger partial charge in [-0.3, -0.25) is 0 Å². The van der Waals surface area contributed by atoms with Crippen molar-refractivity contribution in [3.05, 3.63) is 0 Å². The molecule has 1 heterocycles. The minimum atomic E-state index is -3.36. The normalized spacial score (nSPS) is 23.9. The first kappa shape index (κ1) is 12.6. The van der Waals surface area contributed by atoms with E-state index in [1.165, 1.54) is 4.31 Å². The summed E-state index contributed by atoms with van der Waals surface area (Å²) in [5.41, 5.74) is 0. The van der Waals surface area contributed by atoms with E-state index >= 15 is 0 Å². The van der Waals surface area contributed by atoms with Crippen LogP contribution in [0.1, 0.15) is 26.2 Å². The number of rotatable bonds is 5. The quantitative estimate of drug-likeness (QED) is 0.688. The molecule has 5 nitrogen and oxygen atoms in total. The summed E-state index contributed by atoms with van der Waals surface area (Å²) in [7, 11) is -3.36. The number of nitrogens with one attached hydrogen (secondary N) is 1. The molecule has 0 radical (unpaired) electrons. The van der Waals surface area contributed by atoms with E-state index in [1.807, 2.05) is 6.92 Å². The van der Waals surface area contributed by atoms with Crippen LogP contribution in [0.25, 0.3) is 0 Å². The van der Waals surface area contributed by atoms with Gasteiger partial charge in [0.1, 0.15) is 6.29 Å². The Balaban J connectivity index is 2.58. The molecule has 1 N–H and O–H groups in total. The Morgan fingerprint density at radius 3 is 2.87 bits per heavy atom. The van der Waals surface area contributed by atoms with Crippen LogP contribution in [-0.2, 0) is 15.0 Å². The Hall–Kier alpha value is -0.460. The molecule has 1 atom stereocenters. The lowest BCUT2D eigenvalue weighted by molar-refractivity contribution is -0.112. The van der Waals surface area contributed by atoms with Crippen molar-refractivity contribution < 1.29 is 13.2 Å². The van der Waals surface area contributed by atoms with Gasteiger partial charge in [-0.05, 0) is 19.3 Å². The summed E-state index contributed by atoms with van der Waals surface area (Å²) in [4.78, 5) is 10.6. The summed E-state index contributed by atoms with van der Waals surface area (Å²) in [5, 5.41) is 0. The second kappa shape index (κ2) is 5.58. The van der Waals surface area contributed by atoms with E-state index in [0.717, 1.165) is 25.5 Å². The van der Waals surface area contributed by atoms with Crippen LogP contribution in [0, 0.1) is 5.92 Å². The number of hydrogen-bond acceptors (Lipinski definition) is 3. The maximum atomic E-state index is 11.7. The van der Waals surface area contributed by atoms with Crippen LogP contribution in [0.4, 0.5) is 0 Å². The zero-order valence-electron chi connectivity index (χ0n) is 8.98. The third-order valence-electron chi connectivity index (χ3n) is 2.49. The van der Waals surface area contributed by atoms with Crippen LogP contribution < -0.4 is 4.72 Å². The summed E-state index contributed by atoms with van der Waals surface area (Å²) in [6, 6.07) is 0. The predicted molar refractivity (Wildman–Crippen MR) is 57.6 cm³/mol. The molecule has 6 heteroatoms. The number of nitrogens with zero attached hydrogens (tertiary/aromatic N) is 1. The van der Waals surface area contributed by atoms with Crippen molar-refractivity contribution in [1.29, 1.82) is 0 Å². The van der Waals surface area contributed by atoms with Gasteiger partial charge >= 0.3 is 0 Å². The Bertz CT molecular complexity index is 302. The van der Waals surface area contributed by atoms with Crippen molar-refractivity contribution in [2.75, 3.05) is 19.6 Å². The Kier molecular flexibility index (Phi) is 4.69. The predicted octanol–water partition coefficient (Wildman–Crippen LogP) is 0.142. The summed E-state index contributed by atoms with van der Waals surface area (Å²) in [6.45, 7) is 3.20. The lowest BCUT2D eigenvalue weighted by atomic mass is 10.0. The van der Waals surface area contributed by atoms with Crippen LogP contribution in [0.3, 0.4) is 0 Å². The third-order valence-corrected chi connectivity index (χ3v) is 4.07. The summed E-state index contributed by atoms with van der Waals surface area (Å²) in [5.74, 6) is -0.142. The van der Waals surface area contributed by atoms with Crippen LogP contribution >= 0.6 is 0 Å². The van der Waals surface area contributed by atoms with Crippen molar-refractivity contribution >= 4 is 16.5 Å². The van der Waals surface area contributed by atoms with Crippen LogP contribution in [0.2, 0.25) is 0 Å². The smallest absolute Gasteiger partial charge is 0.279 e. The van der Waals surface area contributed by atoms with Crippen LogP contribution in [-0.4, -0.2) is 38.6 Å². The highest BCUT2D eigenvalue weighted by molar-refractivity contribution is 7.87. The zero-order chi connectivity index (χ0) is 11.3. The monoisotopic (exact) mass is 234 g/mol. The van der Waals surface area contributed by atoms with Gasteiger partial charge < -0.3 is 4.79 Å². The second-order valence-electron chi connectivity index (χ2n) is 3.80. The topological polar surface area (TPSA) is 66.5 Å². The molecule has 1 saturated heterocycles.